The van der Waals surface area contributed by atoms with Crippen LogP contribution in [0.2, 0.25) is 0 Å². The van der Waals surface area contributed by atoms with Crippen molar-refractivity contribution in [3.8, 4) is 0 Å². The van der Waals surface area contributed by atoms with Crippen LogP contribution in [-0.4, -0.2) is 44.4 Å². The summed E-state index contributed by atoms with van der Waals surface area (Å²) in [4.78, 5) is 11.6. The van der Waals surface area contributed by atoms with Crippen LogP contribution in [0.15, 0.2) is 0 Å². The van der Waals surface area contributed by atoms with Gasteiger partial charge in [-0.1, -0.05) is 13.8 Å². The van der Waals surface area contributed by atoms with Crippen molar-refractivity contribution in [3.05, 3.63) is 5.82 Å². The summed E-state index contributed by atoms with van der Waals surface area (Å²) in [5.74, 6) is 1.09. The minimum Gasteiger partial charge on any atom is -0.396 e. The van der Waals surface area contributed by atoms with E-state index in [4.69, 9.17) is 5.11 Å². The van der Waals surface area contributed by atoms with Gasteiger partial charge in [-0.25, -0.2) is 4.68 Å². The molecule has 7 heteroatoms. The number of tetrazole rings is 1. The van der Waals surface area contributed by atoms with E-state index in [1.807, 2.05) is 13.8 Å². The maximum Gasteiger partial charge on any atom is 0.221 e. The number of carbonyl (C=O) groups excluding carboxylic acids is 1. The van der Waals surface area contributed by atoms with Crippen molar-refractivity contribution in [3.63, 3.8) is 0 Å². The van der Waals surface area contributed by atoms with Crippen LogP contribution in [0.1, 0.15) is 26.1 Å². The van der Waals surface area contributed by atoms with Crippen LogP contribution in [0.3, 0.4) is 0 Å². The van der Waals surface area contributed by atoms with E-state index in [0.29, 0.717) is 31.3 Å². The van der Waals surface area contributed by atoms with E-state index >= 15 is 0 Å². The Morgan fingerprint density at radius 1 is 1.50 bits per heavy atom. The SMILES string of the molecule is Cc1nnnn1CCC(=O)NC[C@H](CO)C(C)C. The van der Waals surface area contributed by atoms with Gasteiger partial charge in [-0.3, -0.25) is 4.79 Å². The third kappa shape index (κ3) is 4.40. The lowest BCUT2D eigenvalue weighted by Gasteiger charge is -2.18. The van der Waals surface area contributed by atoms with Crippen molar-refractivity contribution in [2.45, 2.75) is 33.7 Å². The first kappa shape index (κ1) is 14.6. The normalized spacial score (nSPS) is 12.7. The number of rotatable bonds is 7. The van der Waals surface area contributed by atoms with Crippen molar-refractivity contribution < 1.29 is 9.90 Å². The number of nitrogens with one attached hydrogen (secondary N) is 1. The van der Waals surface area contributed by atoms with Crippen LogP contribution in [0.5, 0.6) is 0 Å². The van der Waals surface area contributed by atoms with E-state index in [-0.39, 0.29) is 18.4 Å². The minimum atomic E-state index is -0.0519. The van der Waals surface area contributed by atoms with Gasteiger partial charge in [0.1, 0.15) is 5.82 Å². The van der Waals surface area contributed by atoms with Crippen LogP contribution in [0.25, 0.3) is 0 Å². The average molecular weight is 255 g/mol. The second kappa shape index (κ2) is 7.05. The third-order valence-corrected chi connectivity index (χ3v) is 3.00. The van der Waals surface area contributed by atoms with Crippen LogP contribution in [-0.2, 0) is 11.3 Å². The zero-order valence-corrected chi connectivity index (χ0v) is 11.1. The number of aliphatic hydroxyl groups is 1. The molecule has 18 heavy (non-hydrogen) atoms. The Morgan fingerprint density at radius 3 is 2.72 bits per heavy atom. The largest absolute Gasteiger partial charge is 0.396 e. The Hall–Kier alpha value is -1.50. The molecule has 0 saturated heterocycles. The number of amides is 1. The summed E-state index contributed by atoms with van der Waals surface area (Å²) >= 11 is 0. The highest BCUT2D eigenvalue weighted by molar-refractivity contribution is 5.75. The van der Waals surface area contributed by atoms with Gasteiger partial charge in [0.25, 0.3) is 0 Å². The molecule has 0 saturated carbocycles. The van der Waals surface area contributed by atoms with Crippen LogP contribution in [0, 0.1) is 18.8 Å². The maximum atomic E-state index is 11.6. The van der Waals surface area contributed by atoms with Gasteiger partial charge in [0.15, 0.2) is 0 Å². The number of hydrogen-bond acceptors (Lipinski definition) is 5. The lowest BCUT2D eigenvalue weighted by Crippen LogP contribution is -2.33. The van der Waals surface area contributed by atoms with E-state index in [1.165, 1.54) is 0 Å². The highest BCUT2D eigenvalue weighted by Gasteiger charge is 2.13. The molecule has 0 aliphatic carbocycles. The molecular weight excluding hydrogens is 234 g/mol. The number of hydrogen-bond donors (Lipinski definition) is 2. The summed E-state index contributed by atoms with van der Waals surface area (Å²) in [6.45, 7) is 6.90. The van der Waals surface area contributed by atoms with E-state index in [9.17, 15) is 4.79 Å². The Morgan fingerprint density at radius 2 is 2.22 bits per heavy atom. The van der Waals surface area contributed by atoms with Gasteiger partial charge in [0.2, 0.25) is 5.91 Å². The number of nitrogens with zero attached hydrogens (tertiary/aromatic N) is 4. The van der Waals surface area contributed by atoms with E-state index in [0.717, 1.165) is 0 Å². The van der Waals surface area contributed by atoms with Crippen molar-refractivity contribution in [1.29, 1.82) is 0 Å². The van der Waals surface area contributed by atoms with Gasteiger partial charge in [-0.15, -0.1) is 5.10 Å². The monoisotopic (exact) mass is 255 g/mol. The molecule has 0 spiro atoms. The van der Waals surface area contributed by atoms with Crippen LogP contribution >= 0.6 is 0 Å². The van der Waals surface area contributed by atoms with Gasteiger partial charge in [0.05, 0.1) is 6.54 Å². The van der Waals surface area contributed by atoms with Gasteiger partial charge in [-0.2, -0.15) is 0 Å². The summed E-state index contributed by atoms with van der Waals surface area (Å²) in [6.07, 6.45) is 0.335. The predicted octanol–water partition coefficient (Wildman–Crippen LogP) is -0.248. The second-order valence-electron chi connectivity index (χ2n) is 4.69. The van der Waals surface area contributed by atoms with Crippen molar-refractivity contribution in [1.82, 2.24) is 25.5 Å². The fraction of sp³-hybridized carbons (Fsp3) is 0.818. The molecule has 1 rings (SSSR count). The van der Waals surface area contributed by atoms with Gasteiger partial charge in [0, 0.05) is 25.5 Å². The lowest BCUT2D eigenvalue weighted by molar-refractivity contribution is -0.121. The van der Waals surface area contributed by atoms with Gasteiger partial charge >= 0.3 is 0 Å². The van der Waals surface area contributed by atoms with E-state index < -0.39 is 0 Å². The standard InChI is InChI=1S/C11H21N5O2/c1-8(2)10(7-17)6-12-11(18)4-5-16-9(3)13-14-15-16/h8,10,17H,4-7H2,1-3H3,(H,12,18)/t10-/m1/s1. The molecule has 1 aromatic rings. The quantitative estimate of drug-likeness (QED) is 0.701. The molecule has 102 valence electrons. The number of aryl methyl sites for hydroxylation is 2. The van der Waals surface area contributed by atoms with Gasteiger partial charge in [-0.05, 0) is 23.3 Å². The number of aromatic nitrogens is 4. The Labute approximate surface area is 107 Å². The predicted molar refractivity (Wildman–Crippen MR) is 65.6 cm³/mol. The molecule has 1 amide bonds. The number of carbonyl (C=O) groups is 1. The van der Waals surface area contributed by atoms with Crippen molar-refractivity contribution in [2.24, 2.45) is 11.8 Å². The maximum absolute atomic E-state index is 11.6. The van der Waals surface area contributed by atoms with E-state index in [2.05, 4.69) is 20.8 Å². The molecule has 7 nitrogen and oxygen atoms in total. The summed E-state index contributed by atoms with van der Waals surface area (Å²) in [5, 5.41) is 23.0. The smallest absolute Gasteiger partial charge is 0.221 e. The molecule has 0 aliphatic rings. The fourth-order valence-corrected chi connectivity index (χ4v) is 1.51. The molecule has 0 unspecified atom stereocenters. The minimum absolute atomic E-state index is 0.0519. The molecule has 0 radical (unpaired) electrons. The average Bonchev–Trinajstić information content (AvgIpc) is 2.72. The third-order valence-electron chi connectivity index (χ3n) is 3.00. The molecular formula is C11H21N5O2. The molecule has 1 aromatic heterocycles. The molecule has 2 N–H and O–H groups in total. The zero-order valence-electron chi connectivity index (χ0n) is 11.1. The van der Waals surface area contributed by atoms with E-state index in [1.54, 1.807) is 11.6 Å². The van der Waals surface area contributed by atoms with Gasteiger partial charge < -0.3 is 10.4 Å². The highest BCUT2D eigenvalue weighted by Crippen LogP contribution is 2.08. The molecule has 0 aliphatic heterocycles. The molecule has 0 fully saturated rings. The Kier molecular flexibility index (Phi) is 5.70. The topological polar surface area (TPSA) is 92.9 Å². The molecule has 1 heterocycles. The molecule has 0 aromatic carbocycles. The molecule has 1 atom stereocenters. The second-order valence-corrected chi connectivity index (χ2v) is 4.69. The fourth-order valence-electron chi connectivity index (χ4n) is 1.51. The highest BCUT2D eigenvalue weighted by atomic mass is 16.3. The number of aliphatic hydroxyl groups excluding tert-OH is 1. The Balaban J connectivity index is 2.28. The first-order valence-electron chi connectivity index (χ1n) is 6.15. The molecule has 0 bridgehead atoms. The summed E-state index contributed by atoms with van der Waals surface area (Å²) in [7, 11) is 0. The summed E-state index contributed by atoms with van der Waals surface area (Å²) < 4.78 is 1.59. The van der Waals surface area contributed by atoms with Crippen LogP contribution < -0.4 is 5.32 Å². The lowest BCUT2D eigenvalue weighted by atomic mass is 9.97. The summed E-state index contributed by atoms with van der Waals surface area (Å²) in [5.41, 5.74) is 0. The summed E-state index contributed by atoms with van der Waals surface area (Å²) in [6, 6.07) is 0. The first-order chi connectivity index (χ1) is 8.54. The van der Waals surface area contributed by atoms with Crippen molar-refractivity contribution in [2.75, 3.05) is 13.2 Å². The van der Waals surface area contributed by atoms with Crippen molar-refractivity contribution >= 4 is 5.91 Å². The Bertz CT molecular complexity index is 377. The zero-order chi connectivity index (χ0) is 13.5. The van der Waals surface area contributed by atoms with Crippen LogP contribution in [0.4, 0.5) is 0 Å². The first-order valence-corrected chi connectivity index (χ1v) is 6.15.